The summed E-state index contributed by atoms with van der Waals surface area (Å²) in [6.07, 6.45) is 1.80. The number of amides is 1. The fraction of sp³-hybridized carbons (Fsp3) is 0.400. The van der Waals surface area contributed by atoms with Gasteiger partial charge < -0.3 is 5.32 Å². The Bertz CT molecular complexity index is 277. The zero-order valence-electron chi connectivity index (χ0n) is 8.19. The molecule has 0 saturated carbocycles. The molecule has 14 heavy (non-hydrogen) atoms. The van der Waals surface area contributed by atoms with Gasteiger partial charge in [0, 0.05) is 31.2 Å². The number of carbonyl (C=O) groups is 1. The highest BCUT2D eigenvalue weighted by Gasteiger charge is 1.94. The fourth-order valence-corrected chi connectivity index (χ4v) is 1.73. The number of aromatic nitrogens is 1. The minimum absolute atomic E-state index is 0.0310. The minimum Gasteiger partial charge on any atom is -0.356 e. The largest absolute Gasteiger partial charge is 0.356 e. The predicted octanol–water partition coefficient (Wildman–Crippen LogP) is 1.45. The van der Waals surface area contributed by atoms with Crippen LogP contribution in [0.3, 0.4) is 0 Å². The number of nitrogens with one attached hydrogen (secondary N) is 1. The maximum Gasteiger partial charge on any atom is 0.216 e. The Kier molecular flexibility index (Phi) is 5.07. The molecule has 0 bridgehead atoms. The minimum atomic E-state index is 0.0310. The van der Waals surface area contributed by atoms with Crippen molar-refractivity contribution in [3.05, 3.63) is 30.1 Å². The Morgan fingerprint density at radius 1 is 1.57 bits per heavy atom. The Morgan fingerprint density at radius 2 is 2.43 bits per heavy atom. The summed E-state index contributed by atoms with van der Waals surface area (Å²) in [5.74, 6) is 1.86. The van der Waals surface area contributed by atoms with Gasteiger partial charge in [0.05, 0.1) is 5.69 Å². The van der Waals surface area contributed by atoms with Crippen LogP contribution in [0.1, 0.15) is 12.6 Å². The summed E-state index contributed by atoms with van der Waals surface area (Å²) >= 11 is 1.77. The quantitative estimate of drug-likeness (QED) is 0.748. The highest BCUT2D eigenvalue weighted by Crippen LogP contribution is 2.07. The van der Waals surface area contributed by atoms with Crippen LogP contribution in [-0.2, 0) is 10.5 Å². The first kappa shape index (κ1) is 11.0. The molecule has 0 aliphatic rings. The van der Waals surface area contributed by atoms with Crippen LogP contribution in [0.2, 0.25) is 0 Å². The van der Waals surface area contributed by atoms with Crippen molar-refractivity contribution in [3.8, 4) is 0 Å². The van der Waals surface area contributed by atoms with Crippen LogP contribution < -0.4 is 5.32 Å². The van der Waals surface area contributed by atoms with E-state index >= 15 is 0 Å². The SMILES string of the molecule is CC(=O)NCCSCc1ccccn1. The smallest absolute Gasteiger partial charge is 0.216 e. The molecule has 1 N–H and O–H groups in total. The lowest BCUT2D eigenvalue weighted by Gasteiger charge is -2.01. The third-order valence-electron chi connectivity index (χ3n) is 1.60. The van der Waals surface area contributed by atoms with Crippen molar-refractivity contribution in [2.24, 2.45) is 0 Å². The lowest BCUT2D eigenvalue weighted by atomic mass is 10.4. The maximum atomic E-state index is 10.5. The van der Waals surface area contributed by atoms with Crippen LogP contribution in [-0.4, -0.2) is 23.2 Å². The average Bonchev–Trinajstić information content (AvgIpc) is 2.18. The zero-order chi connectivity index (χ0) is 10.2. The van der Waals surface area contributed by atoms with Crippen LogP contribution in [0.15, 0.2) is 24.4 Å². The van der Waals surface area contributed by atoms with Crippen LogP contribution in [0.4, 0.5) is 0 Å². The van der Waals surface area contributed by atoms with E-state index in [4.69, 9.17) is 0 Å². The second-order valence-electron chi connectivity index (χ2n) is 2.86. The van der Waals surface area contributed by atoms with Gasteiger partial charge in [0.2, 0.25) is 5.91 Å². The number of hydrogen-bond donors (Lipinski definition) is 1. The number of rotatable bonds is 5. The van der Waals surface area contributed by atoms with E-state index < -0.39 is 0 Å². The second kappa shape index (κ2) is 6.43. The van der Waals surface area contributed by atoms with Gasteiger partial charge in [-0.1, -0.05) is 6.07 Å². The lowest BCUT2D eigenvalue weighted by Crippen LogP contribution is -2.22. The predicted molar refractivity (Wildman–Crippen MR) is 59.1 cm³/mol. The fourth-order valence-electron chi connectivity index (χ4n) is 0.959. The molecule has 0 aliphatic heterocycles. The van der Waals surface area contributed by atoms with Gasteiger partial charge in [-0.3, -0.25) is 9.78 Å². The van der Waals surface area contributed by atoms with Crippen LogP contribution in [0.5, 0.6) is 0 Å². The summed E-state index contributed by atoms with van der Waals surface area (Å²) in [6, 6.07) is 5.90. The van der Waals surface area contributed by atoms with E-state index in [1.165, 1.54) is 6.92 Å². The van der Waals surface area contributed by atoms with Crippen molar-refractivity contribution in [1.29, 1.82) is 0 Å². The molecule has 0 aliphatic carbocycles. The van der Waals surface area contributed by atoms with Crippen molar-refractivity contribution in [2.45, 2.75) is 12.7 Å². The summed E-state index contributed by atoms with van der Waals surface area (Å²) in [5.41, 5.74) is 1.08. The molecule has 0 saturated heterocycles. The second-order valence-corrected chi connectivity index (χ2v) is 3.96. The van der Waals surface area contributed by atoms with Crippen LogP contribution in [0, 0.1) is 0 Å². The summed E-state index contributed by atoms with van der Waals surface area (Å²) in [7, 11) is 0. The van der Waals surface area contributed by atoms with Gasteiger partial charge in [0.25, 0.3) is 0 Å². The van der Waals surface area contributed by atoms with Crippen molar-refractivity contribution in [2.75, 3.05) is 12.3 Å². The van der Waals surface area contributed by atoms with Gasteiger partial charge in [0.15, 0.2) is 0 Å². The molecule has 0 spiro atoms. The molecule has 1 amide bonds. The molecule has 0 radical (unpaired) electrons. The Hall–Kier alpha value is -1.03. The van der Waals surface area contributed by atoms with Crippen LogP contribution >= 0.6 is 11.8 Å². The molecule has 4 heteroatoms. The lowest BCUT2D eigenvalue weighted by molar-refractivity contribution is -0.118. The van der Waals surface area contributed by atoms with E-state index in [-0.39, 0.29) is 5.91 Å². The van der Waals surface area contributed by atoms with Crippen LogP contribution in [0.25, 0.3) is 0 Å². The first-order valence-electron chi connectivity index (χ1n) is 4.51. The summed E-state index contributed by atoms with van der Waals surface area (Å²) in [4.78, 5) is 14.7. The van der Waals surface area contributed by atoms with E-state index in [1.807, 2.05) is 18.2 Å². The molecular weight excluding hydrogens is 196 g/mol. The molecule has 0 fully saturated rings. The first-order valence-corrected chi connectivity index (χ1v) is 5.66. The topological polar surface area (TPSA) is 42.0 Å². The van der Waals surface area contributed by atoms with Crippen molar-refractivity contribution < 1.29 is 4.79 Å². The molecule has 0 unspecified atom stereocenters. The van der Waals surface area contributed by atoms with E-state index in [2.05, 4.69) is 10.3 Å². The summed E-state index contributed by atoms with van der Waals surface area (Å²) in [6.45, 7) is 2.26. The number of hydrogen-bond acceptors (Lipinski definition) is 3. The number of pyridine rings is 1. The highest BCUT2D eigenvalue weighted by atomic mass is 32.2. The van der Waals surface area contributed by atoms with Crippen molar-refractivity contribution in [3.63, 3.8) is 0 Å². The summed E-state index contributed by atoms with van der Waals surface area (Å²) in [5, 5.41) is 2.75. The number of thioether (sulfide) groups is 1. The molecule has 1 heterocycles. The first-order chi connectivity index (χ1) is 6.79. The molecule has 0 atom stereocenters. The molecule has 1 aromatic heterocycles. The number of carbonyl (C=O) groups excluding carboxylic acids is 1. The van der Waals surface area contributed by atoms with E-state index in [1.54, 1.807) is 18.0 Å². The molecule has 0 aromatic carbocycles. The zero-order valence-corrected chi connectivity index (χ0v) is 9.01. The van der Waals surface area contributed by atoms with E-state index in [0.717, 1.165) is 23.7 Å². The van der Waals surface area contributed by atoms with Gasteiger partial charge in [-0.2, -0.15) is 11.8 Å². The van der Waals surface area contributed by atoms with Crippen molar-refractivity contribution in [1.82, 2.24) is 10.3 Å². The molecule has 1 aromatic rings. The molecule has 1 rings (SSSR count). The van der Waals surface area contributed by atoms with E-state index in [9.17, 15) is 4.79 Å². The Balaban J connectivity index is 2.08. The molecule has 76 valence electrons. The standard InChI is InChI=1S/C10H14N2OS/c1-9(13)11-6-7-14-8-10-4-2-3-5-12-10/h2-5H,6-8H2,1H3,(H,11,13). The van der Waals surface area contributed by atoms with Crippen molar-refractivity contribution >= 4 is 17.7 Å². The Morgan fingerprint density at radius 3 is 3.07 bits per heavy atom. The van der Waals surface area contributed by atoms with Gasteiger partial charge >= 0.3 is 0 Å². The highest BCUT2D eigenvalue weighted by molar-refractivity contribution is 7.98. The van der Waals surface area contributed by atoms with Gasteiger partial charge in [-0.25, -0.2) is 0 Å². The molecule has 3 nitrogen and oxygen atoms in total. The third-order valence-corrected chi connectivity index (χ3v) is 2.59. The third kappa shape index (κ3) is 4.87. The average molecular weight is 210 g/mol. The van der Waals surface area contributed by atoms with E-state index in [0.29, 0.717) is 0 Å². The van der Waals surface area contributed by atoms with Gasteiger partial charge in [-0.15, -0.1) is 0 Å². The molecular formula is C10H14N2OS. The van der Waals surface area contributed by atoms with Gasteiger partial charge in [-0.05, 0) is 12.1 Å². The number of nitrogens with zero attached hydrogens (tertiary/aromatic N) is 1. The monoisotopic (exact) mass is 210 g/mol. The van der Waals surface area contributed by atoms with Gasteiger partial charge in [0.1, 0.15) is 0 Å². The normalized spacial score (nSPS) is 9.79. The Labute approximate surface area is 88.3 Å². The maximum absolute atomic E-state index is 10.5. The summed E-state index contributed by atoms with van der Waals surface area (Å²) < 4.78 is 0.